The quantitative estimate of drug-likeness (QED) is 0.617. The molecule has 3 rings (SSSR count). The molecule has 2 aromatic carbocycles. The van der Waals surface area contributed by atoms with E-state index in [1.54, 1.807) is 42.6 Å². The average Bonchev–Trinajstić information content (AvgIpc) is 3.14. The Labute approximate surface area is 156 Å². The summed E-state index contributed by atoms with van der Waals surface area (Å²) in [6.45, 7) is 2.07. The van der Waals surface area contributed by atoms with Crippen molar-refractivity contribution in [1.82, 2.24) is 15.0 Å². The van der Waals surface area contributed by atoms with Crippen molar-refractivity contribution in [3.8, 4) is 11.5 Å². The number of phenolic OH excluding ortho intramolecular Hbond substituents is 1. The summed E-state index contributed by atoms with van der Waals surface area (Å²) in [5.74, 6) is 0.683. The van der Waals surface area contributed by atoms with Gasteiger partial charge in [-0.05, 0) is 48.5 Å². The van der Waals surface area contributed by atoms with Crippen molar-refractivity contribution in [2.24, 2.45) is 0 Å². The number of Topliss-reactive ketones (excluding diaryl/α,β-unsaturated/α-hetero) is 2. The molecule has 1 N–H and O–H groups in total. The molecule has 7 heteroatoms. The minimum atomic E-state index is -0.136. The molecule has 0 radical (unpaired) electrons. The Bertz CT molecular complexity index is 931. The van der Waals surface area contributed by atoms with Gasteiger partial charge in [-0.1, -0.05) is 12.1 Å². The van der Waals surface area contributed by atoms with Crippen LogP contribution in [0.4, 0.5) is 0 Å². The van der Waals surface area contributed by atoms with Gasteiger partial charge in [-0.15, -0.1) is 5.10 Å². The summed E-state index contributed by atoms with van der Waals surface area (Å²) in [6.07, 6.45) is 2.11. The van der Waals surface area contributed by atoms with Gasteiger partial charge in [0.1, 0.15) is 30.3 Å². The van der Waals surface area contributed by atoms with Crippen LogP contribution in [-0.2, 0) is 13.2 Å². The van der Waals surface area contributed by atoms with Crippen molar-refractivity contribution in [3.05, 3.63) is 71.5 Å². The van der Waals surface area contributed by atoms with Crippen molar-refractivity contribution >= 4 is 11.6 Å². The molecule has 3 aromatic rings. The molecule has 0 aliphatic rings. The van der Waals surface area contributed by atoms with Crippen molar-refractivity contribution in [2.45, 2.75) is 26.5 Å². The number of phenols is 1. The highest BCUT2D eigenvalue weighted by Gasteiger charge is 2.10. The molecule has 1 aromatic heterocycles. The second-order valence-corrected chi connectivity index (χ2v) is 5.97. The van der Waals surface area contributed by atoms with E-state index < -0.39 is 0 Å². The van der Waals surface area contributed by atoms with Crippen LogP contribution in [0, 0.1) is 0 Å². The number of ketones is 2. The molecule has 7 nitrogen and oxygen atoms in total. The number of aromatic nitrogens is 3. The number of nitrogens with zero attached hydrogens (tertiary/aromatic N) is 3. The zero-order chi connectivity index (χ0) is 19.2. The Morgan fingerprint density at radius 2 is 1.63 bits per heavy atom. The van der Waals surface area contributed by atoms with Gasteiger partial charge in [0.15, 0.2) is 11.6 Å². The summed E-state index contributed by atoms with van der Waals surface area (Å²) in [6, 6.07) is 13.0. The van der Waals surface area contributed by atoms with Gasteiger partial charge in [-0.25, -0.2) is 4.68 Å². The lowest BCUT2D eigenvalue weighted by atomic mass is 10.1. The van der Waals surface area contributed by atoms with Gasteiger partial charge in [-0.3, -0.25) is 9.59 Å². The van der Waals surface area contributed by atoms with Crippen LogP contribution in [0.1, 0.15) is 39.8 Å². The van der Waals surface area contributed by atoms with Gasteiger partial charge in [0.2, 0.25) is 0 Å². The third kappa shape index (κ3) is 4.78. The molecular formula is C20H19N3O4. The minimum absolute atomic E-state index is 0.0472. The van der Waals surface area contributed by atoms with Crippen LogP contribution in [0.15, 0.2) is 54.7 Å². The topological polar surface area (TPSA) is 94.3 Å². The Morgan fingerprint density at radius 3 is 2.30 bits per heavy atom. The molecule has 0 aliphatic heterocycles. The van der Waals surface area contributed by atoms with E-state index in [4.69, 9.17) is 4.74 Å². The Hall–Kier alpha value is -3.48. The molecule has 0 saturated heterocycles. The summed E-state index contributed by atoms with van der Waals surface area (Å²) in [4.78, 5) is 23.8. The summed E-state index contributed by atoms with van der Waals surface area (Å²) < 4.78 is 7.08. The van der Waals surface area contributed by atoms with Crippen LogP contribution < -0.4 is 4.74 Å². The maximum atomic E-state index is 12.2. The van der Waals surface area contributed by atoms with Crippen molar-refractivity contribution in [3.63, 3.8) is 0 Å². The zero-order valence-electron chi connectivity index (χ0n) is 14.8. The number of hydrogen-bond donors (Lipinski definition) is 1. The first-order valence-electron chi connectivity index (χ1n) is 8.52. The summed E-state index contributed by atoms with van der Waals surface area (Å²) in [5, 5.41) is 17.2. The van der Waals surface area contributed by atoms with E-state index in [0.29, 0.717) is 29.0 Å². The Kier molecular flexibility index (Phi) is 5.61. The molecule has 0 amide bonds. The third-order valence-corrected chi connectivity index (χ3v) is 3.97. The molecule has 0 aliphatic carbocycles. The minimum Gasteiger partial charge on any atom is -0.508 e. The van der Waals surface area contributed by atoms with Crippen LogP contribution in [0.5, 0.6) is 11.5 Å². The number of hydrogen-bond acceptors (Lipinski definition) is 6. The van der Waals surface area contributed by atoms with Gasteiger partial charge in [0, 0.05) is 17.5 Å². The van der Waals surface area contributed by atoms with Crippen molar-refractivity contribution in [2.75, 3.05) is 0 Å². The number of aromatic hydroxyl groups is 1. The monoisotopic (exact) mass is 365 g/mol. The first kappa shape index (κ1) is 18.3. The number of benzene rings is 2. The molecule has 27 heavy (non-hydrogen) atoms. The van der Waals surface area contributed by atoms with Crippen LogP contribution in [0.3, 0.4) is 0 Å². The normalized spacial score (nSPS) is 10.6. The second-order valence-electron chi connectivity index (χ2n) is 5.97. The van der Waals surface area contributed by atoms with Crippen LogP contribution in [0.25, 0.3) is 0 Å². The van der Waals surface area contributed by atoms with E-state index in [-0.39, 0.29) is 30.5 Å². The molecule has 1 heterocycles. The van der Waals surface area contributed by atoms with E-state index in [9.17, 15) is 14.7 Å². The second kappa shape index (κ2) is 8.27. The predicted molar refractivity (Wildman–Crippen MR) is 97.9 cm³/mol. The third-order valence-electron chi connectivity index (χ3n) is 3.97. The highest BCUT2D eigenvalue weighted by atomic mass is 16.5. The standard InChI is InChI=1S/C20H19N3O4/c1-2-19(25)14-5-9-18(10-6-14)27-13-16-11-23(22-21-16)12-20(26)15-3-7-17(24)8-4-15/h3-11,24H,2,12-13H2,1H3. The van der Waals surface area contributed by atoms with Gasteiger partial charge < -0.3 is 9.84 Å². The Morgan fingerprint density at radius 1 is 1.00 bits per heavy atom. The van der Waals surface area contributed by atoms with Crippen LogP contribution in [0.2, 0.25) is 0 Å². The van der Waals surface area contributed by atoms with Crippen LogP contribution >= 0.6 is 0 Å². The molecule has 0 atom stereocenters. The fraction of sp³-hybridized carbons (Fsp3) is 0.200. The molecule has 0 spiro atoms. The van der Waals surface area contributed by atoms with Crippen LogP contribution in [-0.4, -0.2) is 31.7 Å². The van der Waals surface area contributed by atoms with Gasteiger partial charge in [0.05, 0.1) is 6.20 Å². The lowest BCUT2D eigenvalue weighted by Gasteiger charge is -2.04. The largest absolute Gasteiger partial charge is 0.508 e. The van der Waals surface area contributed by atoms with E-state index in [2.05, 4.69) is 10.3 Å². The molecule has 138 valence electrons. The molecule has 0 saturated carbocycles. The lowest BCUT2D eigenvalue weighted by Crippen LogP contribution is -2.10. The number of carbonyl (C=O) groups excluding carboxylic acids is 2. The average molecular weight is 365 g/mol. The SMILES string of the molecule is CCC(=O)c1ccc(OCc2cn(CC(=O)c3ccc(O)cc3)nn2)cc1. The van der Waals surface area contributed by atoms with E-state index >= 15 is 0 Å². The fourth-order valence-electron chi connectivity index (χ4n) is 2.47. The predicted octanol–water partition coefficient (Wildman–Crippen LogP) is 3.04. The maximum Gasteiger partial charge on any atom is 0.184 e. The van der Waals surface area contributed by atoms with E-state index in [1.165, 1.54) is 16.8 Å². The first-order valence-corrected chi connectivity index (χ1v) is 8.52. The lowest BCUT2D eigenvalue weighted by molar-refractivity contribution is 0.0964. The fourth-order valence-corrected chi connectivity index (χ4v) is 2.47. The summed E-state index contributed by atoms with van der Waals surface area (Å²) in [7, 11) is 0. The smallest absolute Gasteiger partial charge is 0.184 e. The zero-order valence-corrected chi connectivity index (χ0v) is 14.8. The first-order chi connectivity index (χ1) is 13.0. The maximum absolute atomic E-state index is 12.2. The number of rotatable bonds is 8. The highest BCUT2D eigenvalue weighted by Crippen LogP contribution is 2.15. The van der Waals surface area contributed by atoms with Crippen molar-refractivity contribution in [1.29, 1.82) is 0 Å². The van der Waals surface area contributed by atoms with Crippen molar-refractivity contribution < 1.29 is 19.4 Å². The molecule has 0 fully saturated rings. The Balaban J connectivity index is 1.55. The molecular weight excluding hydrogens is 346 g/mol. The van der Waals surface area contributed by atoms with Gasteiger partial charge in [0.25, 0.3) is 0 Å². The number of ether oxygens (including phenoxy) is 1. The summed E-state index contributed by atoms with van der Waals surface area (Å²) in [5.41, 5.74) is 1.73. The van der Waals surface area contributed by atoms with Gasteiger partial charge >= 0.3 is 0 Å². The number of carbonyl (C=O) groups is 2. The van der Waals surface area contributed by atoms with E-state index in [1.807, 2.05) is 6.92 Å². The summed E-state index contributed by atoms with van der Waals surface area (Å²) >= 11 is 0. The van der Waals surface area contributed by atoms with E-state index in [0.717, 1.165) is 0 Å². The van der Waals surface area contributed by atoms with Gasteiger partial charge in [-0.2, -0.15) is 0 Å². The molecule has 0 unspecified atom stereocenters. The molecule has 0 bridgehead atoms. The highest BCUT2D eigenvalue weighted by molar-refractivity contribution is 5.96.